The third kappa shape index (κ3) is 2.30. The maximum absolute atomic E-state index is 8.26. The zero-order chi connectivity index (χ0) is 6.41. The van der Waals surface area contributed by atoms with Gasteiger partial charge in [0.2, 0.25) is 0 Å². The van der Waals surface area contributed by atoms with Gasteiger partial charge < -0.3 is 0 Å². The first-order valence-corrected chi connectivity index (χ1v) is 2.58. The largest absolute Gasteiger partial charge is 0.210 e. The van der Waals surface area contributed by atoms with Crippen LogP contribution < -0.4 is 0 Å². The molecule has 1 unspecified atom stereocenters. The lowest BCUT2D eigenvalue weighted by molar-refractivity contribution is 0.629. The van der Waals surface area contributed by atoms with Gasteiger partial charge in [0.15, 0.2) is 0 Å². The van der Waals surface area contributed by atoms with Crippen molar-refractivity contribution in [2.24, 2.45) is 11.0 Å². The van der Waals surface area contributed by atoms with Crippen molar-refractivity contribution in [1.29, 1.82) is 10.8 Å². The molecule has 0 amide bonds. The third-order valence-corrected chi connectivity index (χ3v) is 0.987. The predicted molar refractivity (Wildman–Crippen MR) is 29.4 cm³/mol. The molecule has 0 bridgehead atoms. The lowest BCUT2D eigenvalue weighted by Gasteiger charge is -1.95. The van der Waals surface area contributed by atoms with E-state index in [9.17, 15) is 0 Å². The summed E-state index contributed by atoms with van der Waals surface area (Å²) in [6, 6.07) is 2.04. The zero-order valence-corrected chi connectivity index (χ0v) is 4.89. The number of hydrogen-bond donors (Lipinski definition) is 1. The van der Waals surface area contributed by atoms with Crippen LogP contribution in [0.25, 0.3) is 0 Å². The number of rotatable bonds is 3. The van der Waals surface area contributed by atoms with Crippen molar-refractivity contribution in [1.82, 2.24) is 0 Å². The van der Waals surface area contributed by atoms with Crippen molar-refractivity contribution < 1.29 is 0 Å². The molecule has 8 heavy (non-hydrogen) atoms. The van der Waals surface area contributed by atoms with Gasteiger partial charge in [-0.3, -0.25) is 0 Å². The Hall–Kier alpha value is -0.910. The molecule has 0 rings (SSSR count). The molecular weight excluding hydrogens is 102 g/mol. The van der Waals surface area contributed by atoms with E-state index in [4.69, 9.17) is 10.8 Å². The Morgan fingerprint density at radius 3 is 2.62 bits per heavy atom. The first-order chi connectivity index (χ1) is 3.85. The van der Waals surface area contributed by atoms with Crippen LogP contribution in [0, 0.1) is 22.8 Å². The molecule has 44 valence electrons. The summed E-state index contributed by atoms with van der Waals surface area (Å²) in [5.74, 6) is -0.0486. The Balaban J connectivity index is 3.40. The van der Waals surface area contributed by atoms with E-state index in [-0.39, 0.29) is 5.92 Å². The van der Waals surface area contributed by atoms with Gasteiger partial charge in [0.1, 0.15) is 0 Å². The van der Waals surface area contributed by atoms with Crippen molar-refractivity contribution in [2.75, 3.05) is 6.54 Å². The topological polar surface area (TPSA) is 60.0 Å². The summed E-state index contributed by atoms with van der Waals surface area (Å²) in [6.07, 6.45) is 0.791. The average molecular weight is 111 g/mol. The van der Waals surface area contributed by atoms with Crippen molar-refractivity contribution in [3.8, 4) is 6.07 Å². The van der Waals surface area contributed by atoms with Crippen LogP contribution in [0.5, 0.6) is 0 Å². The Labute approximate surface area is 48.8 Å². The van der Waals surface area contributed by atoms with Gasteiger partial charge in [-0.05, 0) is 6.42 Å². The van der Waals surface area contributed by atoms with E-state index < -0.39 is 0 Å². The van der Waals surface area contributed by atoms with Crippen molar-refractivity contribution in [3.63, 3.8) is 0 Å². The fourth-order valence-corrected chi connectivity index (χ4v) is 0.371. The molecule has 0 radical (unpaired) electrons. The monoisotopic (exact) mass is 111 g/mol. The summed E-state index contributed by atoms with van der Waals surface area (Å²) in [5.41, 5.74) is 6.41. The van der Waals surface area contributed by atoms with E-state index in [2.05, 4.69) is 5.11 Å². The summed E-state index contributed by atoms with van der Waals surface area (Å²) in [6.45, 7) is 2.27. The number of hydrogen-bond acceptors (Lipinski definition) is 3. The van der Waals surface area contributed by atoms with Gasteiger partial charge in [0.25, 0.3) is 0 Å². The molecule has 1 N–H and O–H groups in total. The lowest BCUT2D eigenvalue weighted by atomic mass is 10.1. The van der Waals surface area contributed by atoms with Crippen molar-refractivity contribution in [3.05, 3.63) is 0 Å². The molecule has 0 aromatic heterocycles. The van der Waals surface area contributed by atoms with Crippen LogP contribution in [0.4, 0.5) is 0 Å². The summed E-state index contributed by atoms with van der Waals surface area (Å²) in [5, 5.41) is 11.4. The van der Waals surface area contributed by atoms with Crippen LogP contribution in [-0.2, 0) is 0 Å². The molecule has 0 aliphatic rings. The van der Waals surface area contributed by atoms with Gasteiger partial charge >= 0.3 is 0 Å². The van der Waals surface area contributed by atoms with Gasteiger partial charge in [-0.25, -0.2) is 5.53 Å². The first kappa shape index (κ1) is 7.09. The highest BCUT2D eigenvalue weighted by Crippen LogP contribution is 1.98. The second kappa shape index (κ2) is 4.25. The van der Waals surface area contributed by atoms with Crippen LogP contribution in [0.2, 0.25) is 0 Å². The predicted octanol–water partition coefficient (Wildman–Crippen LogP) is 1.57. The summed E-state index contributed by atoms with van der Waals surface area (Å²) >= 11 is 0. The number of nitrogens with zero attached hydrogens (tertiary/aromatic N) is 2. The van der Waals surface area contributed by atoms with Crippen molar-refractivity contribution in [2.45, 2.75) is 13.3 Å². The molecule has 0 saturated heterocycles. The molecule has 3 heteroatoms. The fraction of sp³-hybridized carbons (Fsp3) is 0.800. The van der Waals surface area contributed by atoms with E-state index in [0.29, 0.717) is 6.54 Å². The molecule has 0 saturated carbocycles. The quantitative estimate of drug-likeness (QED) is 0.552. The average Bonchev–Trinajstić information content (AvgIpc) is 1.83. The highest BCUT2D eigenvalue weighted by Gasteiger charge is 1.99. The normalized spacial score (nSPS) is 12.0. The Kier molecular flexibility index (Phi) is 3.77. The molecule has 0 aromatic carbocycles. The van der Waals surface area contributed by atoms with Gasteiger partial charge in [-0.15, -0.1) is 0 Å². The Bertz CT molecular complexity index is 103. The van der Waals surface area contributed by atoms with Crippen LogP contribution in [0.15, 0.2) is 5.11 Å². The van der Waals surface area contributed by atoms with Gasteiger partial charge in [0, 0.05) is 0 Å². The molecule has 0 heterocycles. The third-order valence-electron chi connectivity index (χ3n) is 0.987. The SMILES string of the molecule is CCC(C#N)CN=N. The summed E-state index contributed by atoms with van der Waals surface area (Å²) in [4.78, 5) is 0. The van der Waals surface area contributed by atoms with Crippen LogP contribution in [-0.4, -0.2) is 6.54 Å². The van der Waals surface area contributed by atoms with Gasteiger partial charge in [-0.1, -0.05) is 6.92 Å². The highest BCUT2D eigenvalue weighted by molar-refractivity contribution is 4.81. The molecule has 0 aromatic rings. The van der Waals surface area contributed by atoms with Gasteiger partial charge in [0.05, 0.1) is 18.5 Å². The zero-order valence-electron chi connectivity index (χ0n) is 4.89. The molecule has 3 nitrogen and oxygen atoms in total. The molecular formula is C5H9N3. The summed E-state index contributed by atoms with van der Waals surface area (Å²) < 4.78 is 0. The van der Waals surface area contributed by atoms with Crippen LogP contribution >= 0.6 is 0 Å². The van der Waals surface area contributed by atoms with Crippen molar-refractivity contribution >= 4 is 0 Å². The van der Waals surface area contributed by atoms with E-state index in [1.807, 2.05) is 13.0 Å². The molecule has 0 spiro atoms. The smallest absolute Gasteiger partial charge is 0.0754 e. The second-order valence-electron chi connectivity index (χ2n) is 1.57. The fourth-order valence-electron chi connectivity index (χ4n) is 0.371. The minimum Gasteiger partial charge on any atom is -0.210 e. The van der Waals surface area contributed by atoms with E-state index >= 15 is 0 Å². The van der Waals surface area contributed by atoms with E-state index in [1.165, 1.54) is 0 Å². The molecule has 0 aliphatic carbocycles. The second-order valence-corrected chi connectivity index (χ2v) is 1.57. The Morgan fingerprint density at radius 2 is 2.50 bits per heavy atom. The Morgan fingerprint density at radius 1 is 1.88 bits per heavy atom. The summed E-state index contributed by atoms with van der Waals surface area (Å²) in [7, 11) is 0. The molecule has 1 atom stereocenters. The minimum absolute atomic E-state index is 0.0486. The highest BCUT2D eigenvalue weighted by atomic mass is 14.9. The van der Waals surface area contributed by atoms with Gasteiger partial charge in [-0.2, -0.15) is 10.4 Å². The lowest BCUT2D eigenvalue weighted by Crippen LogP contribution is -1.97. The number of nitriles is 1. The number of nitrogens with one attached hydrogen (secondary N) is 1. The first-order valence-electron chi connectivity index (χ1n) is 2.58. The molecule has 0 fully saturated rings. The van der Waals surface area contributed by atoms with E-state index in [1.54, 1.807) is 0 Å². The minimum atomic E-state index is -0.0486. The van der Waals surface area contributed by atoms with Crippen LogP contribution in [0.3, 0.4) is 0 Å². The molecule has 0 aliphatic heterocycles. The maximum Gasteiger partial charge on any atom is 0.0754 e. The maximum atomic E-state index is 8.26. The van der Waals surface area contributed by atoms with E-state index in [0.717, 1.165) is 6.42 Å². The van der Waals surface area contributed by atoms with Crippen LogP contribution in [0.1, 0.15) is 13.3 Å². The standard InChI is InChI=1S/C5H9N3/c1-2-5(3-6)4-8-7/h5,7H,2,4H2,1H3.